The van der Waals surface area contributed by atoms with Crippen molar-refractivity contribution in [2.24, 2.45) is 0 Å². The number of aliphatic hydroxyl groups is 12. The largest absolute Gasteiger partial charge is 0.461 e. The molecule has 0 amide bonds. The minimum atomic E-state index is -1.51. The van der Waals surface area contributed by atoms with Crippen LogP contribution in [0, 0.1) is 0 Å². The van der Waals surface area contributed by atoms with E-state index >= 15 is 0 Å². The first-order valence-corrected chi connectivity index (χ1v) is 40.9. The summed E-state index contributed by atoms with van der Waals surface area (Å²) in [4.78, 5) is 39.8. The Morgan fingerprint density at radius 2 is 0.627 bits per heavy atom. The number of benzene rings is 9. The van der Waals surface area contributed by atoms with Gasteiger partial charge in [-0.15, -0.1) is 0 Å². The van der Waals surface area contributed by atoms with Crippen molar-refractivity contribution in [3.05, 3.63) is 158 Å². The molecule has 126 heavy (non-hydrogen) atoms. The van der Waals surface area contributed by atoms with Crippen molar-refractivity contribution in [3.63, 3.8) is 0 Å². The number of rotatable bonds is 17. The molecule has 12 heterocycles. The first-order chi connectivity index (χ1) is 60.6. The Hall–Kier alpha value is -10.5. The maximum absolute atomic E-state index is 13.3. The van der Waals surface area contributed by atoms with Gasteiger partial charge in [-0.25, -0.2) is 14.4 Å². The summed E-state index contributed by atoms with van der Waals surface area (Å²) in [6.45, 7) is 7.21. The van der Waals surface area contributed by atoms with Crippen molar-refractivity contribution in [2.45, 2.75) is 210 Å². The van der Waals surface area contributed by atoms with Gasteiger partial charge in [0.05, 0.1) is 76.2 Å². The van der Waals surface area contributed by atoms with Gasteiger partial charge in [-0.3, -0.25) is 0 Å². The first-order valence-electron chi connectivity index (χ1n) is 40.9. The van der Waals surface area contributed by atoms with Crippen LogP contribution in [-0.4, -0.2) is 229 Å². The van der Waals surface area contributed by atoms with Crippen molar-refractivity contribution in [3.8, 4) is 85.1 Å². The first kappa shape index (κ1) is 85.0. The van der Waals surface area contributed by atoms with E-state index in [4.69, 9.17) is 99.5 Å². The lowest BCUT2D eigenvalue weighted by molar-refractivity contribution is -0.373. The third-order valence-corrected chi connectivity index (χ3v) is 24.3. The van der Waals surface area contributed by atoms with Gasteiger partial charge >= 0.3 is 17.9 Å². The van der Waals surface area contributed by atoms with Crippen molar-refractivity contribution in [2.75, 3.05) is 40.2 Å². The van der Waals surface area contributed by atoms with E-state index in [1.54, 1.807) is 133 Å². The normalized spacial score (nSPS) is 27.3. The van der Waals surface area contributed by atoms with E-state index in [1.165, 1.54) is 0 Å². The molecule has 12 aliphatic rings. The quantitative estimate of drug-likeness (QED) is 0.0390. The van der Waals surface area contributed by atoms with Crippen LogP contribution in [0.1, 0.15) is 123 Å². The molecule has 6 fully saturated rings. The summed E-state index contributed by atoms with van der Waals surface area (Å²) in [7, 11) is 0. The molecule has 6 saturated heterocycles. The second kappa shape index (κ2) is 33.0. The van der Waals surface area contributed by atoms with Crippen LogP contribution in [0.5, 0.6) is 51.7 Å². The fraction of sp³-hybridized carbons (Fsp3) is 0.433. The summed E-state index contributed by atoms with van der Waals surface area (Å²) in [5, 5.41) is 129. The topological polar surface area (TPSA) is 488 Å². The van der Waals surface area contributed by atoms with Crippen LogP contribution < -0.4 is 42.6 Å². The van der Waals surface area contributed by atoms with Crippen molar-refractivity contribution >= 4 is 50.2 Å². The number of aliphatic hydroxyl groups excluding tert-OH is 12. The molecule has 3 unspecified atom stereocenters. The van der Waals surface area contributed by atoms with E-state index in [1.807, 2.05) is 0 Å². The number of hydrogen-bond donors (Lipinski definition) is 12. The summed E-state index contributed by atoms with van der Waals surface area (Å²) in [5.41, 5.74) is 8.20. The van der Waals surface area contributed by atoms with Gasteiger partial charge in [0.1, 0.15) is 110 Å². The highest BCUT2D eigenvalue weighted by Crippen LogP contribution is 2.54. The Balaban J connectivity index is 0.000000123. The number of carbonyl (C=O) groups excluding carboxylic acids is 3. The second-order valence-corrected chi connectivity index (χ2v) is 33.3. The van der Waals surface area contributed by atoms with E-state index in [-0.39, 0.29) is 120 Å². The van der Waals surface area contributed by atoms with Crippen molar-refractivity contribution in [1.82, 2.24) is 0 Å². The van der Waals surface area contributed by atoms with E-state index < -0.39 is 141 Å². The van der Waals surface area contributed by atoms with Crippen molar-refractivity contribution in [1.29, 1.82) is 0 Å². The summed E-state index contributed by atoms with van der Waals surface area (Å²) >= 11 is 0. The standard InChI is InChI=1S/3C30H30O12/c2*1-30(2)41-26-21(10-33)39-29(24(34)27(26)42-30)40-25-17-6-15(9-32)14(8-31)5-16(17)22(23-18(25)11-36-28(23)35)13-3-4-19-20(7-13)38-12-37-19;1-30(2)39-11-21-27(42-30)24(33)25(34)29(40-21)41-26-17-6-15(9-32)14(8-31)5-16(17)22(23-18(26)10-36-28(23)35)13-3-4-19-20(7-13)38-12-37-19/h2*3-7,21,24,26-27,29,31-34H,8-12H2,1-2H3;3-7,21,24-25,27,29,31-34H,8-12H2,1-2H3/t21-,24-,26+,27-,29?;21-,24-,26-,27-,29?;21-,24-,25-,27+,29?/m111/s1. The molecular formula is C90H90O36. The van der Waals surface area contributed by atoms with Gasteiger partial charge in [0.25, 0.3) is 0 Å². The molecule has 36 nitrogen and oxygen atoms in total. The molecule has 0 aliphatic carbocycles. The Morgan fingerprint density at radius 1 is 0.325 bits per heavy atom. The van der Waals surface area contributed by atoms with Crippen LogP contribution >= 0.6 is 0 Å². The minimum Gasteiger partial charge on any atom is -0.461 e. The summed E-state index contributed by atoms with van der Waals surface area (Å²) in [5.74, 6) is -0.892. The van der Waals surface area contributed by atoms with Crippen molar-refractivity contribution < 1.29 is 175 Å². The van der Waals surface area contributed by atoms with Crippen LogP contribution in [-0.2, 0) is 116 Å². The molecule has 0 aromatic heterocycles. The number of fused-ring (bicyclic) bond motifs is 12. The average Bonchev–Trinajstić information content (AvgIpc) is 1.38. The SMILES string of the molecule is CC1(C)OC[C@H]2OC(Oc3c4c(c(-c5ccc6c(c5)OCO6)c5cc(CO)c(CO)cc35)C(=O)OC4)[C@H](O)[C@@H](O)[C@H]2O1.CC1(C)O[C@@H]2[C@H](O1)[C@@H](O)C(Oc1c3c(c(-c4ccc5c(c4)OCO5)c4cc(CO)c(CO)cc14)C(=O)OC3)O[C@@H]2CO.CC1(C)O[C@H]2[C@H](O1)[C@@H](O)C(Oc1c3c(c(-c4ccc5c(c4)OCO5)c4cc(CO)c(CO)cc14)C(=O)OC3)O[C@@H]2CO. The molecule has 0 radical (unpaired) electrons. The Bertz CT molecular complexity index is 5620. The van der Waals surface area contributed by atoms with E-state index in [9.17, 15) is 75.7 Å². The van der Waals surface area contributed by atoms with Crippen LogP contribution in [0.25, 0.3) is 65.7 Å². The molecule has 9 aromatic rings. The Morgan fingerprint density at radius 3 is 0.952 bits per heavy atom. The van der Waals surface area contributed by atoms with Crippen LogP contribution in [0.4, 0.5) is 0 Å². The second-order valence-electron chi connectivity index (χ2n) is 33.3. The van der Waals surface area contributed by atoms with Gasteiger partial charge in [-0.2, -0.15) is 0 Å². The highest BCUT2D eigenvalue weighted by molar-refractivity contribution is 6.16. The maximum atomic E-state index is 13.3. The molecule has 15 atom stereocenters. The van der Waals surface area contributed by atoms with Gasteiger partial charge in [0, 0.05) is 49.5 Å². The third-order valence-electron chi connectivity index (χ3n) is 24.3. The molecule has 12 N–H and O–H groups in total. The molecule has 0 spiro atoms. The molecule has 666 valence electrons. The summed E-state index contributed by atoms with van der Waals surface area (Å²) in [6.07, 6.45) is -15.9. The molecule has 36 heteroatoms. The predicted octanol–water partition coefficient (Wildman–Crippen LogP) is 5.60. The monoisotopic (exact) mass is 1750 g/mol. The number of esters is 3. The van der Waals surface area contributed by atoms with E-state index in [0.29, 0.717) is 150 Å². The highest BCUT2D eigenvalue weighted by atomic mass is 16.8. The zero-order chi connectivity index (χ0) is 88.0. The lowest BCUT2D eigenvalue weighted by atomic mass is 9.87. The lowest BCUT2D eigenvalue weighted by Gasteiger charge is -2.48. The molecular weight excluding hydrogens is 1660 g/mol. The van der Waals surface area contributed by atoms with Crippen LogP contribution in [0.2, 0.25) is 0 Å². The third kappa shape index (κ3) is 14.7. The highest BCUT2D eigenvalue weighted by Gasteiger charge is 2.59. The maximum Gasteiger partial charge on any atom is 0.339 e. The molecule has 9 aromatic carbocycles. The zero-order valence-electron chi connectivity index (χ0n) is 68.6. The molecule has 12 aliphatic heterocycles. The molecule has 21 rings (SSSR count). The van der Waals surface area contributed by atoms with Gasteiger partial charge in [0.15, 0.2) is 51.9 Å². The molecule has 0 saturated carbocycles. The lowest BCUT2D eigenvalue weighted by Crippen LogP contribution is -2.65. The van der Waals surface area contributed by atoms with Gasteiger partial charge in [-0.1, -0.05) is 18.2 Å². The predicted molar refractivity (Wildman–Crippen MR) is 428 cm³/mol. The Labute approximate surface area is 715 Å². The summed E-state index contributed by atoms with van der Waals surface area (Å²) in [6, 6.07) is 26.0. The number of carbonyl (C=O) groups is 3. The number of hydrogen-bond acceptors (Lipinski definition) is 36. The van der Waals surface area contributed by atoms with E-state index in [0.717, 1.165) is 0 Å². The fourth-order valence-electron chi connectivity index (χ4n) is 18.5. The van der Waals surface area contributed by atoms with Gasteiger partial charge in [0.2, 0.25) is 39.2 Å². The Kier molecular flexibility index (Phi) is 22.3. The number of cyclic esters (lactones) is 3. The average molecular weight is 1750 g/mol. The van der Waals surface area contributed by atoms with Crippen LogP contribution in [0.15, 0.2) is 91.0 Å². The van der Waals surface area contributed by atoms with Gasteiger partial charge < -0.3 is 161 Å². The fourth-order valence-corrected chi connectivity index (χ4v) is 18.5. The van der Waals surface area contributed by atoms with E-state index in [2.05, 4.69) is 0 Å². The smallest absolute Gasteiger partial charge is 0.339 e. The number of ether oxygens (including phenoxy) is 21. The van der Waals surface area contributed by atoms with Crippen LogP contribution in [0.3, 0.4) is 0 Å². The zero-order valence-corrected chi connectivity index (χ0v) is 68.6. The minimum absolute atomic E-state index is 0.0754. The van der Waals surface area contributed by atoms with Gasteiger partial charge in [-0.05, 0) is 181 Å². The molecule has 0 bridgehead atoms. The summed E-state index contributed by atoms with van der Waals surface area (Å²) < 4.78 is 122.